The number of nitrogens with one attached hydrogen (secondary N) is 1. The van der Waals surface area contributed by atoms with E-state index in [1.54, 1.807) is 0 Å². The van der Waals surface area contributed by atoms with Crippen LogP contribution in [0.25, 0.3) is 0 Å². The zero-order valence-electron chi connectivity index (χ0n) is 10.1. The Morgan fingerprint density at radius 2 is 2.31 bits per heavy atom. The maximum absolute atomic E-state index is 12.2. The molecule has 2 saturated heterocycles. The van der Waals surface area contributed by atoms with Crippen LogP contribution in [-0.2, 0) is 9.53 Å². The van der Waals surface area contributed by atoms with Gasteiger partial charge in [0.05, 0.1) is 12.1 Å². The summed E-state index contributed by atoms with van der Waals surface area (Å²) < 4.78 is 5.61. The summed E-state index contributed by atoms with van der Waals surface area (Å²) in [4.78, 5) is 14.1. The molecule has 2 aliphatic heterocycles. The molecule has 2 aliphatic rings. The van der Waals surface area contributed by atoms with Crippen molar-refractivity contribution < 1.29 is 9.53 Å². The Morgan fingerprint density at radius 3 is 3.00 bits per heavy atom. The van der Waals surface area contributed by atoms with E-state index in [1.807, 2.05) is 11.8 Å². The first-order valence-corrected chi connectivity index (χ1v) is 6.45. The van der Waals surface area contributed by atoms with Gasteiger partial charge >= 0.3 is 0 Å². The van der Waals surface area contributed by atoms with Crippen molar-refractivity contribution >= 4 is 5.91 Å². The van der Waals surface area contributed by atoms with Gasteiger partial charge < -0.3 is 15.0 Å². The van der Waals surface area contributed by atoms with E-state index in [0.717, 1.165) is 51.9 Å². The van der Waals surface area contributed by atoms with Gasteiger partial charge in [-0.2, -0.15) is 0 Å². The van der Waals surface area contributed by atoms with Gasteiger partial charge in [-0.25, -0.2) is 0 Å². The Hall–Kier alpha value is -0.610. The molecule has 4 nitrogen and oxygen atoms in total. The van der Waals surface area contributed by atoms with Gasteiger partial charge in [-0.3, -0.25) is 4.79 Å². The summed E-state index contributed by atoms with van der Waals surface area (Å²) in [5.74, 6) is 0.280. The molecule has 0 aromatic heterocycles. The number of amides is 1. The van der Waals surface area contributed by atoms with Crippen LogP contribution in [0.1, 0.15) is 32.6 Å². The van der Waals surface area contributed by atoms with Crippen LogP contribution in [0.2, 0.25) is 0 Å². The van der Waals surface area contributed by atoms with Crippen LogP contribution in [0.4, 0.5) is 0 Å². The van der Waals surface area contributed by atoms with Crippen molar-refractivity contribution in [1.82, 2.24) is 10.2 Å². The molecule has 0 radical (unpaired) electrons. The molecule has 16 heavy (non-hydrogen) atoms. The molecule has 0 aliphatic carbocycles. The molecule has 2 atom stereocenters. The molecular formula is C12H22N2O2. The summed E-state index contributed by atoms with van der Waals surface area (Å²) in [6, 6.07) is 0.0698. The van der Waals surface area contributed by atoms with E-state index in [1.165, 1.54) is 0 Å². The monoisotopic (exact) mass is 226 g/mol. The maximum atomic E-state index is 12.2. The quantitative estimate of drug-likeness (QED) is 0.772. The number of rotatable bonds is 3. The third-order valence-corrected chi connectivity index (χ3v) is 3.45. The molecule has 92 valence electrons. The highest BCUT2D eigenvalue weighted by atomic mass is 16.5. The summed E-state index contributed by atoms with van der Waals surface area (Å²) in [6.45, 7) is 5.43. The van der Waals surface area contributed by atoms with E-state index in [0.29, 0.717) is 0 Å². The van der Waals surface area contributed by atoms with Crippen molar-refractivity contribution in [2.24, 2.45) is 0 Å². The van der Waals surface area contributed by atoms with Crippen molar-refractivity contribution in [3.05, 3.63) is 0 Å². The lowest BCUT2D eigenvalue weighted by Gasteiger charge is -2.34. The van der Waals surface area contributed by atoms with Crippen LogP contribution >= 0.6 is 0 Å². The van der Waals surface area contributed by atoms with Gasteiger partial charge in [-0.05, 0) is 39.2 Å². The third kappa shape index (κ3) is 2.74. The lowest BCUT2D eigenvalue weighted by molar-refractivity contribution is -0.137. The van der Waals surface area contributed by atoms with Crippen LogP contribution in [0, 0.1) is 0 Å². The average molecular weight is 226 g/mol. The van der Waals surface area contributed by atoms with Crippen molar-refractivity contribution in [1.29, 1.82) is 0 Å². The van der Waals surface area contributed by atoms with Gasteiger partial charge in [0.1, 0.15) is 0 Å². The van der Waals surface area contributed by atoms with Gasteiger partial charge in [0.25, 0.3) is 0 Å². The van der Waals surface area contributed by atoms with Crippen LogP contribution < -0.4 is 5.32 Å². The fourth-order valence-corrected chi connectivity index (χ4v) is 2.63. The number of likely N-dealkylation sites (tertiary alicyclic amines) is 1. The Morgan fingerprint density at radius 1 is 1.44 bits per heavy atom. The van der Waals surface area contributed by atoms with Crippen LogP contribution in [0.15, 0.2) is 0 Å². The largest absolute Gasteiger partial charge is 0.377 e. The lowest BCUT2D eigenvalue weighted by Crippen LogP contribution is -2.49. The average Bonchev–Trinajstić information content (AvgIpc) is 2.82. The SMILES string of the molecule is CCOC1CCCN(C(=O)[C@H]2CCCN2)C1. The molecule has 0 bridgehead atoms. The first-order chi connectivity index (χ1) is 7.81. The van der Waals surface area contributed by atoms with Crippen molar-refractivity contribution in [3.8, 4) is 0 Å². The Kier molecular flexibility index (Phi) is 4.18. The van der Waals surface area contributed by atoms with Crippen molar-refractivity contribution in [3.63, 3.8) is 0 Å². The smallest absolute Gasteiger partial charge is 0.239 e. The standard InChI is InChI=1S/C12H22N2O2/c1-2-16-10-5-4-8-14(9-10)12(15)11-6-3-7-13-11/h10-11,13H,2-9H2,1H3/t10?,11-/m1/s1. The Labute approximate surface area is 97.3 Å². The van der Waals surface area contributed by atoms with Crippen LogP contribution in [0.3, 0.4) is 0 Å². The molecular weight excluding hydrogens is 204 g/mol. The zero-order chi connectivity index (χ0) is 11.4. The minimum absolute atomic E-state index is 0.0698. The molecule has 0 saturated carbocycles. The summed E-state index contributed by atoms with van der Waals surface area (Å²) in [7, 11) is 0. The molecule has 0 spiro atoms. The molecule has 2 rings (SSSR count). The summed E-state index contributed by atoms with van der Waals surface area (Å²) in [5, 5.41) is 3.27. The van der Waals surface area contributed by atoms with Gasteiger partial charge in [-0.1, -0.05) is 0 Å². The van der Waals surface area contributed by atoms with Crippen molar-refractivity contribution in [2.45, 2.75) is 44.8 Å². The predicted octanol–water partition coefficient (Wildman–Crippen LogP) is 0.766. The molecule has 1 amide bonds. The van der Waals surface area contributed by atoms with Crippen molar-refractivity contribution in [2.75, 3.05) is 26.2 Å². The summed E-state index contributed by atoms with van der Waals surface area (Å²) in [5.41, 5.74) is 0. The number of carbonyl (C=O) groups excluding carboxylic acids is 1. The zero-order valence-corrected chi connectivity index (χ0v) is 10.1. The number of nitrogens with zero attached hydrogens (tertiary/aromatic N) is 1. The van der Waals surface area contributed by atoms with E-state index in [-0.39, 0.29) is 18.1 Å². The fourth-order valence-electron chi connectivity index (χ4n) is 2.63. The lowest BCUT2D eigenvalue weighted by atomic mass is 10.1. The van der Waals surface area contributed by atoms with Crippen LogP contribution in [0.5, 0.6) is 0 Å². The summed E-state index contributed by atoms with van der Waals surface area (Å²) >= 11 is 0. The number of ether oxygens (including phenoxy) is 1. The second-order valence-electron chi connectivity index (χ2n) is 4.65. The van der Waals surface area contributed by atoms with Gasteiger partial charge in [-0.15, -0.1) is 0 Å². The van der Waals surface area contributed by atoms with E-state index in [9.17, 15) is 4.79 Å². The van der Waals surface area contributed by atoms with E-state index >= 15 is 0 Å². The highest BCUT2D eigenvalue weighted by molar-refractivity contribution is 5.82. The molecule has 1 N–H and O–H groups in total. The Bertz CT molecular complexity index is 237. The molecule has 0 aromatic carbocycles. The number of piperidine rings is 1. The first kappa shape index (κ1) is 11.9. The third-order valence-electron chi connectivity index (χ3n) is 3.45. The Balaban J connectivity index is 1.85. The molecule has 1 unspecified atom stereocenters. The molecule has 4 heteroatoms. The topological polar surface area (TPSA) is 41.6 Å². The number of hydrogen-bond acceptors (Lipinski definition) is 3. The molecule has 2 fully saturated rings. The first-order valence-electron chi connectivity index (χ1n) is 6.45. The minimum Gasteiger partial charge on any atom is -0.377 e. The predicted molar refractivity (Wildman–Crippen MR) is 62.3 cm³/mol. The summed E-state index contributed by atoms with van der Waals surface area (Å²) in [6.07, 6.45) is 4.54. The van der Waals surface area contributed by atoms with E-state index < -0.39 is 0 Å². The number of carbonyl (C=O) groups is 1. The number of hydrogen-bond donors (Lipinski definition) is 1. The highest BCUT2D eigenvalue weighted by Gasteiger charge is 2.30. The van der Waals surface area contributed by atoms with Gasteiger partial charge in [0, 0.05) is 19.7 Å². The molecule has 2 heterocycles. The highest BCUT2D eigenvalue weighted by Crippen LogP contribution is 2.16. The second-order valence-corrected chi connectivity index (χ2v) is 4.65. The fraction of sp³-hybridized carbons (Fsp3) is 0.917. The molecule has 0 aromatic rings. The van der Waals surface area contributed by atoms with Gasteiger partial charge in [0.15, 0.2) is 0 Å². The van der Waals surface area contributed by atoms with E-state index in [2.05, 4.69) is 5.32 Å². The van der Waals surface area contributed by atoms with Gasteiger partial charge in [0.2, 0.25) is 5.91 Å². The second kappa shape index (κ2) is 5.64. The normalized spacial score (nSPS) is 30.7. The van der Waals surface area contributed by atoms with Crippen LogP contribution in [-0.4, -0.2) is 49.2 Å². The van der Waals surface area contributed by atoms with E-state index in [4.69, 9.17) is 4.74 Å². The maximum Gasteiger partial charge on any atom is 0.239 e. The minimum atomic E-state index is 0.0698.